The standard InChI is InChI=1S/C26H28ClN3O4/c1-17(2)30-24(32)21-6-4-3-5-20(21)22(25(33)28-11-13-34-14-12-28)26(30)15-29(16-26)23(31)18-7-9-19(27)10-8-18/h3-10,17,22H,11-16H2,1-2H3. The average molecular weight is 482 g/mol. The van der Waals surface area contributed by atoms with Crippen molar-refractivity contribution in [2.24, 2.45) is 0 Å². The van der Waals surface area contributed by atoms with E-state index < -0.39 is 11.5 Å². The molecular weight excluding hydrogens is 454 g/mol. The fourth-order valence-electron chi connectivity index (χ4n) is 5.65. The summed E-state index contributed by atoms with van der Waals surface area (Å²) in [5, 5.41) is 0.563. The number of fused-ring (bicyclic) bond motifs is 1. The average Bonchev–Trinajstić information content (AvgIpc) is 2.82. The molecule has 34 heavy (non-hydrogen) atoms. The van der Waals surface area contributed by atoms with Gasteiger partial charge in [-0.2, -0.15) is 0 Å². The van der Waals surface area contributed by atoms with Crippen molar-refractivity contribution in [2.45, 2.75) is 31.3 Å². The highest BCUT2D eigenvalue weighted by molar-refractivity contribution is 6.30. The van der Waals surface area contributed by atoms with Gasteiger partial charge in [0.25, 0.3) is 11.8 Å². The van der Waals surface area contributed by atoms with Gasteiger partial charge in [-0.25, -0.2) is 0 Å². The number of amides is 3. The zero-order chi connectivity index (χ0) is 24.0. The van der Waals surface area contributed by atoms with E-state index in [1.54, 1.807) is 35.2 Å². The first-order valence-corrected chi connectivity index (χ1v) is 12.1. The van der Waals surface area contributed by atoms with Gasteiger partial charge in [-0.15, -0.1) is 0 Å². The molecule has 8 heteroatoms. The smallest absolute Gasteiger partial charge is 0.255 e. The Balaban J connectivity index is 1.55. The Hall–Kier alpha value is -2.90. The highest BCUT2D eigenvalue weighted by Gasteiger charge is 2.62. The molecule has 0 radical (unpaired) electrons. The van der Waals surface area contributed by atoms with Gasteiger partial charge in [0, 0.05) is 48.4 Å². The topological polar surface area (TPSA) is 70.2 Å². The molecule has 1 spiro atoms. The Morgan fingerprint density at radius 1 is 1.00 bits per heavy atom. The predicted octanol–water partition coefficient (Wildman–Crippen LogP) is 3.04. The summed E-state index contributed by atoms with van der Waals surface area (Å²) in [5.74, 6) is -0.770. The Labute approximate surface area is 204 Å². The van der Waals surface area contributed by atoms with Crippen molar-refractivity contribution in [1.82, 2.24) is 14.7 Å². The zero-order valence-electron chi connectivity index (χ0n) is 19.4. The van der Waals surface area contributed by atoms with Crippen molar-refractivity contribution in [1.29, 1.82) is 0 Å². The van der Waals surface area contributed by atoms with E-state index in [2.05, 4.69) is 0 Å². The Morgan fingerprint density at radius 3 is 2.29 bits per heavy atom. The third-order valence-electron chi connectivity index (χ3n) is 7.13. The fraction of sp³-hybridized carbons (Fsp3) is 0.423. The van der Waals surface area contributed by atoms with Gasteiger partial charge in [0.1, 0.15) is 0 Å². The molecule has 178 valence electrons. The largest absolute Gasteiger partial charge is 0.378 e. The van der Waals surface area contributed by atoms with Crippen LogP contribution >= 0.6 is 11.6 Å². The van der Waals surface area contributed by atoms with Crippen LogP contribution in [0.1, 0.15) is 46.0 Å². The lowest BCUT2D eigenvalue weighted by atomic mass is 9.67. The molecular formula is C26H28ClN3O4. The molecule has 0 aliphatic carbocycles. The molecule has 3 heterocycles. The molecule has 2 saturated heterocycles. The van der Waals surface area contributed by atoms with Crippen LogP contribution in [0.5, 0.6) is 0 Å². The number of morpholine rings is 1. The minimum absolute atomic E-state index is 0.00695. The van der Waals surface area contributed by atoms with Gasteiger partial charge in [-0.3, -0.25) is 14.4 Å². The van der Waals surface area contributed by atoms with Gasteiger partial charge in [0.05, 0.1) is 24.7 Å². The molecule has 1 atom stereocenters. The van der Waals surface area contributed by atoms with Crippen LogP contribution in [0.4, 0.5) is 0 Å². The first kappa shape index (κ1) is 22.9. The molecule has 0 aromatic heterocycles. The Morgan fingerprint density at radius 2 is 1.65 bits per heavy atom. The fourth-order valence-corrected chi connectivity index (χ4v) is 5.78. The van der Waals surface area contributed by atoms with Crippen LogP contribution in [0.15, 0.2) is 48.5 Å². The van der Waals surface area contributed by atoms with Crippen molar-refractivity contribution in [3.63, 3.8) is 0 Å². The molecule has 0 saturated carbocycles. The SMILES string of the molecule is CC(C)N1C(=O)c2ccccc2C(C(=O)N2CCOCC2)C12CN(C(=O)c1ccc(Cl)cc1)C2. The van der Waals surface area contributed by atoms with Crippen LogP contribution in [0.3, 0.4) is 0 Å². The maximum atomic E-state index is 14.0. The highest BCUT2D eigenvalue weighted by atomic mass is 35.5. The monoisotopic (exact) mass is 481 g/mol. The van der Waals surface area contributed by atoms with E-state index in [4.69, 9.17) is 16.3 Å². The molecule has 0 bridgehead atoms. The van der Waals surface area contributed by atoms with Gasteiger partial charge in [0.15, 0.2) is 0 Å². The van der Waals surface area contributed by atoms with E-state index >= 15 is 0 Å². The van der Waals surface area contributed by atoms with E-state index in [1.165, 1.54) is 0 Å². The number of rotatable bonds is 3. The van der Waals surface area contributed by atoms with Gasteiger partial charge in [0.2, 0.25) is 5.91 Å². The lowest BCUT2D eigenvalue weighted by molar-refractivity contribution is -0.146. The van der Waals surface area contributed by atoms with Crippen molar-refractivity contribution in [3.8, 4) is 0 Å². The second kappa shape index (κ2) is 8.71. The zero-order valence-corrected chi connectivity index (χ0v) is 20.1. The summed E-state index contributed by atoms with van der Waals surface area (Å²) in [6.07, 6.45) is 0. The van der Waals surface area contributed by atoms with Crippen molar-refractivity contribution in [2.75, 3.05) is 39.4 Å². The molecule has 7 nitrogen and oxygen atoms in total. The molecule has 2 aromatic rings. The number of halogens is 1. The molecule has 2 aromatic carbocycles. The van der Waals surface area contributed by atoms with Gasteiger partial charge in [-0.1, -0.05) is 29.8 Å². The van der Waals surface area contributed by atoms with Gasteiger partial charge < -0.3 is 19.4 Å². The first-order chi connectivity index (χ1) is 16.3. The predicted molar refractivity (Wildman–Crippen MR) is 128 cm³/mol. The Kier molecular flexibility index (Phi) is 5.86. The lowest BCUT2D eigenvalue weighted by Gasteiger charge is -2.62. The van der Waals surface area contributed by atoms with Crippen LogP contribution in [0.25, 0.3) is 0 Å². The molecule has 2 fully saturated rings. The van der Waals surface area contributed by atoms with Crippen LogP contribution in [-0.4, -0.2) is 83.4 Å². The van der Waals surface area contributed by atoms with Crippen LogP contribution in [0, 0.1) is 0 Å². The van der Waals surface area contributed by atoms with E-state index in [-0.39, 0.29) is 23.8 Å². The van der Waals surface area contributed by atoms with Crippen LogP contribution < -0.4 is 0 Å². The summed E-state index contributed by atoms with van der Waals surface area (Å²) in [7, 11) is 0. The number of carbonyl (C=O) groups excluding carboxylic acids is 3. The van der Waals surface area contributed by atoms with Crippen LogP contribution in [-0.2, 0) is 9.53 Å². The third-order valence-corrected chi connectivity index (χ3v) is 7.38. The molecule has 0 N–H and O–H groups in total. The van der Waals surface area contributed by atoms with Crippen LogP contribution in [0.2, 0.25) is 5.02 Å². The van der Waals surface area contributed by atoms with Crippen molar-refractivity contribution in [3.05, 3.63) is 70.2 Å². The Bertz CT molecular complexity index is 1120. The molecule has 5 rings (SSSR count). The lowest BCUT2D eigenvalue weighted by Crippen LogP contribution is -2.78. The number of benzene rings is 2. The summed E-state index contributed by atoms with van der Waals surface area (Å²) >= 11 is 5.99. The second-order valence-electron chi connectivity index (χ2n) is 9.50. The minimum atomic E-state index is -0.795. The highest BCUT2D eigenvalue weighted by Crippen LogP contribution is 2.48. The molecule has 1 unspecified atom stereocenters. The van der Waals surface area contributed by atoms with E-state index in [9.17, 15) is 14.4 Å². The molecule has 3 aliphatic rings. The number of hydrogen-bond acceptors (Lipinski definition) is 4. The normalized spacial score (nSPS) is 21.5. The number of ether oxygens (including phenoxy) is 1. The van der Waals surface area contributed by atoms with Crippen molar-refractivity contribution >= 4 is 29.3 Å². The van der Waals surface area contributed by atoms with E-state index in [0.29, 0.717) is 55.5 Å². The number of hydrogen-bond donors (Lipinski definition) is 0. The summed E-state index contributed by atoms with van der Waals surface area (Å²) in [6, 6.07) is 14.1. The summed E-state index contributed by atoms with van der Waals surface area (Å²) in [5.41, 5.74) is 1.06. The number of nitrogens with zero attached hydrogens (tertiary/aromatic N) is 3. The summed E-state index contributed by atoms with van der Waals surface area (Å²) in [6.45, 7) is 6.58. The van der Waals surface area contributed by atoms with Gasteiger partial charge in [-0.05, 0) is 49.7 Å². The molecule has 3 aliphatic heterocycles. The third kappa shape index (κ3) is 3.58. The van der Waals surface area contributed by atoms with E-state index in [0.717, 1.165) is 5.56 Å². The maximum absolute atomic E-state index is 14.0. The number of carbonyl (C=O) groups is 3. The van der Waals surface area contributed by atoms with Crippen molar-refractivity contribution < 1.29 is 19.1 Å². The second-order valence-corrected chi connectivity index (χ2v) is 9.93. The maximum Gasteiger partial charge on any atom is 0.255 e. The summed E-state index contributed by atoms with van der Waals surface area (Å²) < 4.78 is 5.46. The van der Waals surface area contributed by atoms with E-state index in [1.807, 2.05) is 41.8 Å². The summed E-state index contributed by atoms with van der Waals surface area (Å²) in [4.78, 5) is 46.3. The first-order valence-electron chi connectivity index (χ1n) is 11.7. The minimum Gasteiger partial charge on any atom is -0.378 e. The number of likely N-dealkylation sites (tertiary alicyclic amines) is 1. The van der Waals surface area contributed by atoms with Gasteiger partial charge >= 0.3 is 0 Å². The quantitative estimate of drug-likeness (QED) is 0.675. The molecule has 3 amide bonds.